The lowest BCUT2D eigenvalue weighted by molar-refractivity contribution is 0.874. The van der Waals surface area contributed by atoms with Gasteiger partial charge in [0.05, 0.1) is 22.6 Å². The summed E-state index contributed by atoms with van der Waals surface area (Å²) in [6.45, 7) is 0.686. The van der Waals surface area contributed by atoms with E-state index in [-0.39, 0.29) is 0 Å². The molecule has 4 nitrogen and oxygen atoms in total. The summed E-state index contributed by atoms with van der Waals surface area (Å²) in [4.78, 5) is 3.40. The second-order valence-corrected chi connectivity index (χ2v) is 5.93. The third-order valence-electron chi connectivity index (χ3n) is 2.35. The number of hydrogen-bond donors (Lipinski definition) is 1. The smallest absolute Gasteiger partial charge is 0.161 e. The van der Waals surface area contributed by atoms with Crippen molar-refractivity contribution in [2.45, 2.75) is 6.54 Å². The third kappa shape index (κ3) is 2.95. The molecule has 2 aromatic heterocycles. The van der Waals surface area contributed by atoms with Crippen LogP contribution in [0.3, 0.4) is 0 Å². The monoisotopic (exact) mass is 298 g/mol. The Kier molecular flexibility index (Phi) is 4.11. The summed E-state index contributed by atoms with van der Waals surface area (Å²) in [6, 6.07) is 5.63. The quantitative estimate of drug-likeness (QED) is 0.879. The molecule has 2 heterocycles. The number of nitrogens with two attached hydrogens (primary N) is 1. The van der Waals surface area contributed by atoms with E-state index in [1.54, 1.807) is 12.3 Å². The van der Waals surface area contributed by atoms with Crippen molar-refractivity contribution < 1.29 is 0 Å². The van der Waals surface area contributed by atoms with Crippen LogP contribution in [0.5, 0.6) is 0 Å². The third-order valence-corrected chi connectivity index (χ3v) is 3.79. The van der Waals surface area contributed by atoms with Gasteiger partial charge in [0.25, 0.3) is 0 Å². The van der Waals surface area contributed by atoms with Crippen LogP contribution in [0.15, 0.2) is 24.4 Å². The van der Waals surface area contributed by atoms with E-state index in [2.05, 4.69) is 10.2 Å². The van der Waals surface area contributed by atoms with Crippen LogP contribution in [-0.2, 0) is 6.54 Å². The van der Waals surface area contributed by atoms with Gasteiger partial charge in [0.2, 0.25) is 0 Å². The van der Waals surface area contributed by atoms with E-state index < -0.39 is 0 Å². The molecule has 94 valence electrons. The van der Waals surface area contributed by atoms with Crippen molar-refractivity contribution in [3.8, 4) is 0 Å². The minimum atomic E-state index is 0.316. The zero-order chi connectivity index (χ0) is 13.1. The topological polar surface area (TPSA) is 55.0 Å². The maximum Gasteiger partial charge on any atom is 0.161 e. The first-order chi connectivity index (χ1) is 8.58. The molecular formula is C11H11ClN4S2. The molecule has 0 amide bonds. The van der Waals surface area contributed by atoms with Crippen molar-refractivity contribution in [1.82, 2.24) is 10.2 Å². The van der Waals surface area contributed by atoms with E-state index in [0.717, 1.165) is 14.8 Å². The Morgan fingerprint density at radius 3 is 2.89 bits per heavy atom. The lowest BCUT2D eigenvalue weighted by Crippen LogP contribution is -2.22. The molecule has 0 atom stereocenters. The van der Waals surface area contributed by atoms with Gasteiger partial charge in [0, 0.05) is 11.9 Å². The summed E-state index contributed by atoms with van der Waals surface area (Å²) in [5.41, 5.74) is 6.40. The Labute approximate surface area is 119 Å². The Hall–Kier alpha value is -1.24. The van der Waals surface area contributed by atoms with Gasteiger partial charge in [-0.05, 0) is 18.2 Å². The molecule has 7 heteroatoms. The Morgan fingerprint density at radius 2 is 2.28 bits per heavy atom. The van der Waals surface area contributed by atoms with Crippen LogP contribution in [0, 0.1) is 0 Å². The van der Waals surface area contributed by atoms with Gasteiger partial charge in [0.15, 0.2) is 5.82 Å². The van der Waals surface area contributed by atoms with Crippen LogP contribution in [-0.4, -0.2) is 22.2 Å². The highest BCUT2D eigenvalue weighted by Crippen LogP contribution is 2.24. The lowest BCUT2D eigenvalue weighted by Gasteiger charge is -2.19. The normalized spacial score (nSPS) is 10.3. The van der Waals surface area contributed by atoms with Crippen molar-refractivity contribution in [2.24, 2.45) is 5.73 Å². The van der Waals surface area contributed by atoms with Gasteiger partial charge in [-0.3, -0.25) is 0 Å². The predicted molar refractivity (Wildman–Crippen MR) is 79.4 cm³/mol. The second-order valence-electron chi connectivity index (χ2n) is 3.69. The highest BCUT2D eigenvalue weighted by atomic mass is 35.5. The molecule has 0 aromatic carbocycles. The van der Waals surface area contributed by atoms with Crippen molar-refractivity contribution in [3.63, 3.8) is 0 Å². The summed E-state index contributed by atoms with van der Waals surface area (Å²) < 4.78 is 0.770. The molecular weight excluding hydrogens is 288 g/mol. The lowest BCUT2D eigenvalue weighted by atomic mass is 10.2. The summed E-state index contributed by atoms with van der Waals surface area (Å²) in [5, 5.41) is 7.95. The summed E-state index contributed by atoms with van der Waals surface area (Å²) in [5.74, 6) is 0.675. The molecule has 0 saturated heterocycles. The summed E-state index contributed by atoms with van der Waals surface area (Å²) in [6.07, 6.45) is 1.58. The van der Waals surface area contributed by atoms with Crippen LogP contribution in [0.2, 0.25) is 4.34 Å². The fourth-order valence-electron chi connectivity index (χ4n) is 1.54. The Balaban J connectivity index is 2.23. The van der Waals surface area contributed by atoms with Gasteiger partial charge in [0.1, 0.15) is 4.99 Å². The van der Waals surface area contributed by atoms with E-state index in [1.165, 1.54) is 11.3 Å². The van der Waals surface area contributed by atoms with Gasteiger partial charge >= 0.3 is 0 Å². The van der Waals surface area contributed by atoms with Crippen LogP contribution in [0.1, 0.15) is 10.4 Å². The van der Waals surface area contributed by atoms with Crippen LogP contribution >= 0.6 is 35.2 Å². The standard InChI is InChI=1S/C11H11ClN4S2/c1-16(6-7-2-3-9(12)18-7)11-8(10(13)17)4-5-14-15-11/h2-5H,6H2,1H3,(H2,13,17). The number of thiocarbonyl (C=S) groups is 1. The zero-order valence-electron chi connectivity index (χ0n) is 9.63. The molecule has 0 aliphatic heterocycles. The van der Waals surface area contributed by atoms with E-state index in [4.69, 9.17) is 29.6 Å². The summed E-state index contributed by atoms with van der Waals surface area (Å²) >= 11 is 12.4. The molecule has 0 saturated carbocycles. The van der Waals surface area contributed by atoms with Gasteiger partial charge in [-0.15, -0.1) is 16.4 Å². The molecule has 0 bridgehead atoms. The van der Waals surface area contributed by atoms with Gasteiger partial charge < -0.3 is 10.6 Å². The van der Waals surface area contributed by atoms with E-state index in [1.807, 2.05) is 24.1 Å². The number of hydrogen-bond acceptors (Lipinski definition) is 5. The van der Waals surface area contributed by atoms with Crippen molar-refractivity contribution >= 4 is 46.0 Å². The maximum absolute atomic E-state index is 5.90. The first-order valence-electron chi connectivity index (χ1n) is 5.15. The van der Waals surface area contributed by atoms with Crippen molar-refractivity contribution in [1.29, 1.82) is 0 Å². The predicted octanol–water partition coefficient (Wildman–Crippen LogP) is 2.46. The average Bonchev–Trinajstić information content (AvgIpc) is 2.74. The van der Waals surface area contributed by atoms with Crippen LogP contribution < -0.4 is 10.6 Å². The molecule has 2 N–H and O–H groups in total. The fourth-order valence-corrected chi connectivity index (χ4v) is 2.84. The molecule has 2 rings (SSSR count). The van der Waals surface area contributed by atoms with Crippen LogP contribution in [0.4, 0.5) is 5.82 Å². The molecule has 0 aliphatic rings. The molecule has 0 fully saturated rings. The number of nitrogens with zero attached hydrogens (tertiary/aromatic N) is 3. The largest absolute Gasteiger partial charge is 0.389 e. The van der Waals surface area contributed by atoms with Gasteiger partial charge in [-0.2, -0.15) is 5.10 Å². The van der Waals surface area contributed by atoms with Gasteiger partial charge in [-0.25, -0.2) is 0 Å². The highest BCUT2D eigenvalue weighted by molar-refractivity contribution is 7.80. The Bertz CT molecular complexity index is 570. The SMILES string of the molecule is CN(Cc1ccc(Cl)s1)c1nnccc1C(N)=S. The minimum absolute atomic E-state index is 0.316. The number of thiophene rings is 1. The molecule has 2 aromatic rings. The first-order valence-corrected chi connectivity index (χ1v) is 6.75. The van der Waals surface area contributed by atoms with E-state index in [0.29, 0.717) is 17.4 Å². The van der Waals surface area contributed by atoms with Crippen molar-refractivity contribution in [3.05, 3.63) is 39.2 Å². The zero-order valence-corrected chi connectivity index (χ0v) is 12.0. The molecule has 0 aliphatic carbocycles. The minimum Gasteiger partial charge on any atom is -0.389 e. The van der Waals surface area contributed by atoms with E-state index >= 15 is 0 Å². The van der Waals surface area contributed by atoms with Crippen LogP contribution in [0.25, 0.3) is 0 Å². The highest BCUT2D eigenvalue weighted by Gasteiger charge is 2.12. The first kappa shape index (κ1) is 13.2. The fraction of sp³-hybridized carbons (Fsp3) is 0.182. The summed E-state index contributed by atoms with van der Waals surface area (Å²) in [7, 11) is 1.92. The number of anilines is 1. The van der Waals surface area contributed by atoms with Gasteiger partial charge in [-0.1, -0.05) is 23.8 Å². The van der Waals surface area contributed by atoms with Crippen molar-refractivity contribution in [2.75, 3.05) is 11.9 Å². The number of rotatable bonds is 4. The average molecular weight is 299 g/mol. The molecule has 0 radical (unpaired) electrons. The molecule has 18 heavy (non-hydrogen) atoms. The number of halogens is 1. The Morgan fingerprint density at radius 1 is 1.50 bits per heavy atom. The number of aromatic nitrogens is 2. The second kappa shape index (κ2) is 5.60. The van der Waals surface area contributed by atoms with E-state index in [9.17, 15) is 0 Å². The maximum atomic E-state index is 5.90. The molecule has 0 unspecified atom stereocenters. The molecule has 0 spiro atoms.